The second-order valence-electron chi connectivity index (χ2n) is 4.83. The highest BCUT2D eigenvalue weighted by atomic mass is 16.4. The SMILES string of the molecule is CCC(C)[C@H](NC(=O)NCc1ccncc1C)C(=O)O. The minimum absolute atomic E-state index is 0.124. The van der Waals surface area contributed by atoms with Crippen molar-refractivity contribution in [1.29, 1.82) is 0 Å². The smallest absolute Gasteiger partial charge is 0.326 e. The molecule has 3 N–H and O–H groups in total. The number of carbonyl (C=O) groups excluding carboxylic acids is 1. The molecular weight excluding hydrogens is 258 g/mol. The summed E-state index contributed by atoms with van der Waals surface area (Å²) in [4.78, 5) is 26.8. The monoisotopic (exact) mass is 279 g/mol. The van der Waals surface area contributed by atoms with Gasteiger partial charge in [0.05, 0.1) is 0 Å². The van der Waals surface area contributed by atoms with E-state index < -0.39 is 18.0 Å². The molecule has 0 aliphatic rings. The number of aliphatic carboxylic acids is 1. The minimum atomic E-state index is -1.02. The molecule has 1 unspecified atom stereocenters. The number of pyridine rings is 1. The van der Waals surface area contributed by atoms with Crippen LogP contribution in [0.3, 0.4) is 0 Å². The molecule has 0 bridgehead atoms. The summed E-state index contributed by atoms with van der Waals surface area (Å²) in [6.45, 7) is 5.93. The summed E-state index contributed by atoms with van der Waals surface area (Å²) in [7, 11) is 0. The van der Waals surface area contributed by atoms with Gasteiger partial charge in [-0.25, -0.2) is 9.59 Å². The van der Waals surface area contributed by atoms with E-state index in [1.54, 1.807) is 19.3 Å². The first-order valence-electron chi connectivity index (χ1n) is 6.62. The number of nitrogens with zero attached hydrogens (tertiary/aromatic N) is 1. The Labute approximate surface area is 118 Å². The van der Waals surface area contributed by atoms with E-state index in [-0.39, 0.29) is 5.92 Å². The largest absolute Gasteiger partial charge is 0.480 e. The lowest BCUT2D eigenvalue weighted by atomic mass is 9.99. The van der Waals surface area contributed by atoms with Gasteiger partial charge in [-0.15, -0.1) is 0 Å². The number of aryl methyl sites for hydroxylation is 1. The molecule has 0 aliphatic heterocycles. The van der Waals surface area contributed by atoms with E-state index in [4.69, 9.17) is 5.11 Å². The standard InChI is InChI=1S/C14H21N3O3/c1-4-9(2)12(13(18)19)17-14(20)16-8-11-5-6-15-7-10(11)3/h5-7,9,12H,4,8H2,1-3H3,(H,18,19)(H2,16,17,20)/t9?,12-/m0/s1. The second kappa shape index (κ2) is 7.47. The van der Waals surface area contributed by atoms with Crippen molar-refractivity contribution in [2.24, 2.45) is 5.92 Å². The molecule has 6 heteroatoms. The molecule has 0 aromatic carbocycles. The second-order valence-corrected chi connectivity index (χ2v) is 4.83. The molecule has 0 saturated carbocycles. The average molecular weight is 279 g/mol. The van der Waals surface area contributed by atoms with Gasteiger partial charge in [0, 0.05) is 18.9 Å². The van der Waals surface area contributed by atoms with Crippen LogP contribution in [0.4, 0.5) is 4.79 Å². The van der Waals surface area contributed by atoms with Gasteiger partial charge in [-0.3, -0.25) is 4.98 Å². The van der Waals surface area contributed by atoms with E-state index >= 15 is 0 Å². The van der Waals surface area contributed by atoms with Crippen LogP contribution in [-0.2, 0) is 11.3 Å². The summed E-state index contributed by atoms with van der Waals surface area (Å²) in [6.07, 6.45) is 4.05. The number of hydrogen-bond donors (Lipinski definition) is 3. The lowest BCUT2D eigenvalue weighted by Gasteiger charge is -2.20. The van der Waals surface area contributed by atoms with E-state index in [1.807, 2.05) is 19.9 Å². The number of aromatic nitrogens is 1. The molecule has 6 nitrogen and oxygen atoms in total. The molecule has 1 rings (SSSR count). The van der Waals surface area contributed by atoms with E-state index in [9.17, 15) is 9.59 Å². The number of nitrogens with one attached hydrogen (secondary N) is 2. The highest BCUT2D eigenvalue weighted by Gasteiger charge is 2.25. The first kappa shape index (κ1) is 15.9. The predicted octanol–water partition coefficient (Wildman–Crippen LogP) is 1.69. The van der Waals surface area contributed by atoms with Crippen molar-refractivity contribution in [2.75, 3.05) is 0 Å². The van der Waals surface area contributed by atoms with E-state index in [2.05, 4.69) is 15.6 Å². The van der Waals surface area contributed by atoms with Crippen molar-refractivity contribution >= 4 is 12.0 Å². The fraction of sp³-hybridized carbons (Fsp3) is 0.500. The molecule has 0 aliphatic carbocycles. The predicted molar refractivity (Wildman–Crippen MR) is 75.2 cm³/mol. The molecule has 0 radical (unpaired) electrons. The van der Waals surface area contributed by atoms with Gasteiger partial charge in [0.2, 0.25) is 0 Å². The van der Waals surface area contributed by atoms with Gasteiger partial charge in [-0.05, 0) is 30.0 Å². The summed E-state index contributed by atoms with van der Waals surface area (Å²) in [5.41, 5.74) is 1.93. The molecule has 2 amide bonds. The van der Waals surface area contributed by atoms with Gasteiger partial charge in [-0.1, -0.05) is 20.3 Å². The number of urea groups is 1. The third-order valence-electron chi connectivity index (χ3n) is 3.34. The van der Waals surface area contributed by atoms with Crippen molar-refractivity contribution in [3.63, 3.8) is 0 Å². The van der Waals surface area contributed by atoms with Gasteiger partial charge in [0.15, 0.2) is 0 Å². The maximum Gasteiger partial charge on any atom is 0.326 e. The molecule has 0 fully saturated rings. The summed E-state index contributed by atoms with van der Waals surface area (Å²) in [6, 6.07) is 0.464. The Morgan fingerprint density at radius 1 is 1.45 bits per heavy atom. The number of hydrogen-bond acceptors (Lipinski definition) is 3. The number of rotatable bonds is 6. The van der Waals surface area contributed by atoms with Crippen LogP contribution in [0.15, 0.2) is 18.5 Å². The van der Waals surface area contributed by atoms with E-state index in [0.29, 0.717) is 13.0 Å². The Balaban J connectivity index is 2.55. The zero-order chi connectivity index (χ0) is 15.1. The fourth-order valence-corrected chi connectivity index (χ4v) is 1.75. The number of carbonyl (C=O) groups is 2. The van der Waals surface area contributed by atoms with Gasteiger partial charge >= 0.3 is 12.0 Å². The lowest BCUT2D eigenvalue weighted by Crippen LogP contribution is -2.48. The molecule has 110 valence electrons. The van der Waals surface area contributed by atoms with Crippen LogP contribution in [0.5, 0.6) is 0 Å². The third-order valence-corrected chi connectivity index (χ3v) is 3.34. The van der Waals surface area contributed by atoms with Crippen molar-refractivity contribution in [3.05, 3.63) is 29.6 Å². The Kier molecular flexibility index (Phi) is 5.96. The third kappa shape index (κ3) is 4.53. The first-order chi connectivity index (χ1) is 9.45. The number of carboxylic acid groups (broad SMARTS) is 1. The number of carboxylic acids is 1. The zero-order valence-electron chi connectivity index (χ0n) is 12.0. The van der Waals surface area contributed by atoms with Crippen LogP contribution in [-0.4, -0.2) is 28.1 Å². The highest BCUT2D eigenvalue weighted by Crippen LogP contribution is 2.08. The highest BCUT2D eigenvalue weighted by molar-refractivity contribution is 5.82. The molecule has 1 aromatic rings. The van der Waals surface area contributed by atoms with Crippen molar-refractivity contribution in [2.45, 2.75) is 39.8 Å². The quantitative estimate of drug-likeness (QED) is 0.739. The Morgan fingerprint density at radius 2 is 2.15 bits per heavy atom. The van der Waals surface area contributed by atoms with E-state index in [0.717, 1.165) is 11.1 Å². The molecular formula is C14H21N3O3. The molecule has 2 atom stereocenters. The average Bonchev–Trinajstić information content (AvgIpc) is 2.42. The summed E-state index contributed by atoms with van der Waals surface area (Å²) in [5.74, 6) is -1.14. The van der Waals surface area contributed by atoms with Crippen LogP contribution in [0.1, 0.15) is 31.4 Å². The van der Waals surface area contributed by atoms with Gasteiger partial charge in [0.1, 0.15) is 6.04 Å². The van der Waals surface area contributed by atoms with Crippen LogP contribution in [0.25, 0.3) is 0 Å². The minimum Gasteiger partial charge on any atom is -0.480 e. The summed E-state index contributed by atoms with van der Waals surface area (Å²) < 4.78 is 0. The topological polar surface area (TPSA) is 91.3 Å². The van der Waals surface area contributed by atoms with Crippen molar-refractivity contribution in [3.8, 4) is 0 Å². The number of amides is 2. The van der Waals surface area contributed by atoms with Crippen molar-refractivity contribution in [1.82, 2.24) is 15.6 Å². The van der Waals surface area contributed by atoms with Crippen LogP contribution >= 0.6 is 0 Å². The summed E-state index contributed by atoms with van der Waals surface area (Å²) in [5, 5.41) is 14.3. The van der Waals surface area contributed by atoms with Gasteiger partial charge in [-0.2, -0.15) is 0 Å². The maximum absolute atomic E-state index is 11.8. The Hall–Kier alpha value is -2.11. The maximum atomic E-state index is 11.8. The Bertz CT molecular complexity index is 476. The Morgan fingerprint density at radius 3 is 2.70 bits per heavy atom. The van der Waals surface area contributed by atoms with Gasteiger partial charge < -0.3 is 15.7 Å². The van der Waals surface area contributed by atoms with Crippen molar-refractivity contribution < 1.29 is 14.7 Å². The van der Waals surface area contributed by atoms with Gasteiger partial charge in [0.25, 0.3) is 0 Å². The fourth-order valence-electron chi connectivity index (χ4n) is 1.75. The van der Waals surface area contributed by atoms with Crippen LogP contribution in [0, 0.1) is 12.8 Å². The summed E-state index contributed by atoms with van der Waals surface area (Å²) >= 11 is 0. The normalized spacial score (nSPS) is 13.3. The first-order valence-corrected chi connectivity index (χ1v) is 6.62. The molecule has 1 heterocycles. The molecule has 0 spiro atoms. The molecule has 1 aromatic heterocycles. The zero-order valence-corrected chi connectivity index (χ0v) is 12.0. The molecule has 20 heavy (non-hydrogen) atoms. The van der Waals surface area contributed by atoms with E-state index in [1.165, 1.54) is 0 Å². The van der Waals surface area contributed by atoms with Crippen LogP contribution < -0.4 is 10.6 Å². The lowest BCUT2D eigenvalue weighted by molar-refractivity contribution is -0.140. The van der Waals surface area contributed by atoms with Crippen LogP contribution in [0.2, 0.25) is 0 Å². The molecule has 0 saturated heterocycles.